The first kappa shape index (κ1) is 17.9. The summed E-state index contributed by atoms with van der Waals surface area (Å²) in [5.74, 6) is 1.57. The SMILES string of the molecule is O=C([C@@H]1CCCN(C2CCN(Cc3ncccn3)CC2)C1)N1CCCC1. The second kappa shape index (κ2) is 8.44. The molecule has 1 amide bonds. The average Bonchev–Trinajstić information content (AvgIpc) is 3.24. The van der Waals surface area contributed by atoms with Crippen LogP contribution in [-0.4, -0.2) is 75.9 Å². The smallest absolute Gasteiger partial charge is 0.226 e. The van der Waals surface area contributed by atoms with Crippen molar-refractivity contribution in [2.45, 2.75) is 51.1 Å². The summed E-state index contributed by atoms with van der Waals surface area (Å²) in [5, 5.41) is 0. The van der Waals surface area contributed by atoms with Crippen LogP contribution in [0.25, 0.3) is 0 Å². The molecule has 0 N–H and O–H groups in total. The van der Waals surface area contributed by atoms with E-state index in [1.54, 1.807) is 0 Å². The lowest BCUT2D eigenvalue weighted by molar-refractivity contribution is -0.136. The third-order valence-corrected chi connectivity index (χ3v) is 6.28. The van der Waals surface area contributed by atoms with Gasteiger partial charge in [-0.3, -0.25) is 14.6 Å². The van der Waals surface area contributed by atoms with Crippen molar-refractivity contribution in [3.63, 3.8) is 0 Å². The van der Waals surface area contributed by atoms with Crippen molar-refractivity contribution in [1.82, 2.24) is 24.7 Å². The fraction of sp³-hybridized carbons (Fsp3) is 0.750. The molecule has 3 saturated heterocycles. The molecule has 3 aliphatic rings. The molecular weight excluding hydrogens is 326 g/mol. The summed E-state index contributed by atoms with van der Waals surface area (Å²) < 4.78 is 0. The van der Waals surface area contributed by atoms with Crippen LogP contribution in [0.3, 0.4) is 0 Å². The van der Waals surface area contributed by atoms with E-state index in [9.17, 15) is 4.79 Å². The third kappa shape index (κ3) is 4.23. The van der Waals surface area contributed by atoms with Crippen LogP contribution >= 0.6 is 0 Å². The van der Waals surface area contributed by atoms with Crippen LogP contribution in [0, 0.1) is 5.92 Å². The van der Waals surface area contributed by atoms with Gasteiger partial charge < -0.3 is 4.90 Å². The lowest BCUT2D eigenvalue weighted by Crippen LogP contribution is -2.51. The predicted molar refractivity (Wildman–Crippen MR) is 100 cm³/mol. The van der Waals surface area contributed by atoms with E-state index in [0.29, 0.717) is 11.9 Å². The molecule has 0 spiro atoms. The van der Waals surface area contributed by atoms with E-state index in [-0.39, 0.29) is 5.92 Å². The molecule has 6 heteroatoms. The summed E-state index contributed by atoms with van der Waals surface area (Å²) in [7, 11) is 0. The second-order valence-electron chi connectivity index (χ2n) is 8.04. The van der Waals surface area contributed by atoms with E-state index >= 15 is 0 Å². The Hall–Kier alpha value is -1.53. The molecule has 6 nitrogen and oxygen atoms in total. The van der Waals surface area contributed by atoms with Crippen molar-refractivity contribution in [3.8, 4) is 0 Å². The van der Waals surface area contributed by atoms with Gasteiger partial charge in [0.25, 0.3) is 0 Å². The normalized spacial score (nSPS) is 26.3. The molecular formula is C20H31N5O. The fourth-order valence-electron chi connectivity index (χ4n) is 4.79. The molecule has 0 unspecified atom stereocenters. The number of amides is 1. The zero-order valence-corrected chi connectivity index (χ0v) is 15.7. The number of likely N-dealkylation sites (tertiary alicyclic amines) is 3. The molecule has 4 rings (SSSR count). The Labute approximate surface area is 156 Å². The van der Waals surface area contributed by atoms with Crippen molar-refractivity contribution in [2.24, 2.45) is 5.92 Å². The van der Waals surface area contributed by atoms with Gasteiger partial charge in [-0.15, -0.1) is 0 Å². The van der Waals surface area contributed by atoms with Gasteiger partial charge in [-0.05, 0) is 51.1 Å². The van der Waals surface area contributed by atoms with E-state index in [1.807, 2.05) is 18.5 Å². The molecule has 142 valence electrons. The van der Waals surface area contributed by atoms with Crippen molar-refractivity contribution < 1.29 is 4.79 Å². The second-order valence-corrected chi connectivity index (χ2v) is 8.04. The van der Waals surface area contributed by atoms with E-state index in [2.05, 4.69) is 24.7 Å². The Kier molecular flexibility index (Phi) is 5.80. The molecule has 0 aromatic carbocycles. The Balaban J connectivity index is 1.26. The molecule has 4 heterocycles. The summed E-state index contributed by atoms with van der Waals surface area (Å²) in [6.45, 7) is 7.15. The summed E-state index contributed by atoms with van der Waals surface area (Å²) in [5.41, 5.74) is 0. The maximum Gasteiger partial charge on any atom is 0.226 e. The summed E-state index contributed by atoms with van der Waals surface area (Å²) in [6, 6.07) is 2.50. The first-order chi connectivity index (χ1) is 12.8. The Morgan fingerprint density at radius 3 is 2.42 bits per heavy atom. The number of carbonyl (C=O) groups excluding carboxylic acids is 1. The molecule has 1 atom stereocenters. The minimum Gasteiger partial charge on any atom is -0.342 e. The Morgan fingerprint density at radius 1 is 0.962 bits per heavy atom. The van der Waals surface area contributed by atoms with Gasteiger partial charge in [-0.1, -0.05) is 0 Å². The minimum atomic E-state index is 0.234. The van der Waals surface area contributed by atoms with Crippen molar-refractivity contribution in [1.29, 1.82) is 0 Å². The first-order valence-electron chi connectivity index (χ1n) is 10.3. The molecule has 3 fully saturated rings. The van der Waals surface area contributed by atoms with Gasteiger partial charge in [0, 0.05) is 51.2 Å². The van der Waals surface area contributed by atoms with Gasteiger partial charge in [-0.25, -0.2) is 9.97 Å². The zero-order chi connectivity index (χ0) is 17.8. The van der Waals surface area contributed by atoms with Crippen LogP contribution < -0.4 is 0 Å². The highest BCUT2D eigenvalue weighted by molar-refractivity contribution is 5.79. The van der Waals surface area contributed by atoms with Gasteiger partial charge in [0.1, 0.15) is 5.82 Å². The van der Waals surface area contributed by atoms with Crippen molar-refractivity contribution >= 4 is 5.91 Å². The van der Waals surface area contributed by atoms with Gasteiger partial charge in [-0.2, -0.15) is 0 Å². The summed E-state index contributed by atoms with van der Waals surface area (Å²) >= 11 is 0. The van der Waals surface area contributed by atoms with E-state index in [4.69, 9.17) is 0 Å². The van der Waals surface area contributed by atoms with Gasteiger partial charge in [0.15, 0.2) is 0 Å². The van der Waals surface area contributed by atoms with Crippen LogP contribution in [0.5, 0.6) is 0 Å². The van der Waals surface area contributed by atoms with Crippen LogP contribution in [0.4, 0.5) is 0 Å². The van der Waals surface area contributed by atoms with Gasteiger partial charge in [0.05, 0.1) is 12.5 Å². The number of aromatic nitrogens is 2. The molecule has 0 saturated carbocycles. The average molecular weight is 358 g/mol. The Morgan fingerprint density at radius 2 is 1.69 bits per heavy atom. The monoisotopic (exact) mass is 357 g/mol. The van der Waals surface area contributed by atoms with E-state index in [0.717, 1.165) is 58.1 Å². The summed E-state index contributed by atoms with van der Waals surface area (Å²) in [6.07, 6.45) is 10.6. The van der Waals surface area contributed by atoms with Crippen molar-refractivity contribution in [3.05, 3.63) is 24.3 Å². The van der Waals surface area contributed by atoms with E-state index in [1.165, 1.54) is 32.1 Å². The number of piperidine rings is 2. The topological polar surface area (TPSA) is 52.6 Å². The first-order valence-corrected chi connectivity index (χ1v) is 10.3. The molecule has 1 aromatic heterocycles. The highest BCUT2D eigenvalue weighted by atomic mass is 16.2. The highest BCUT2D eigenvalue weighted by Gasteiger charge is 2.34. The number of hydrogen-bond donors (Lipinski definition) is 0. The Bertz CT molecular complexity index is 581. The van der Waals surface area contributed by atoms with Gasteiger partial charge in [0.2, 0.25) is 5.91 Å². The number of carbonyl (C=O) groups is 1. The minimum absolute atomic E-state index is 0.234. The summed E-state index contributed by atoms with van der Waals surface area (Å²) in [4.78, 5) is 28.6. The molecule has 1 aromatic rings. The van der Waals surface area contributed by atoms with Gasteiger partial charge >= 0.3 is 0 Å². The van der Waals surface area contributed by atoms with Crippen LogP contribution in [0.2, 0.25) is 0 Å². The molecule has 3 aliphatic heterocycles. The van der Waals surface area contributed by atoms with Crippen LogP contribution in [0.1, 0.15) is 44.3 Å². The number of nitrogens with zero attached hydrogens (tertiary/aromatic N) is 5. The molecule has 0 aliphatic carbocycles. The largest absolute Gasteiger partial charge is 0.342 e. The third-order valence-electron chi connectivity index (χ3n) is 6.28. The van der Waals surface area contributed by atoms with Crippen molar-refractivity contribution in [2.75, 3.05) is 39.3 Å². The lowest BCUT2D eigenvalue weighted by atomic mass is 9.93. The maximum atomic E-state index is 12.8. The number of hydrogen-bond acceptors (Lipinski definition) is 5. The maximum absolute atomic E-state index is 12.8. The highest BCUT2D eigenvalue weighted by Crippen LogP contribution is 2.26. The van der Waals surface area contributed by atoms with Crippen LogP contribution in [0.15, 0.2) is 18.5 Å². The molecule has 0 radical (unpaired) electrons. The van der Waals surface area contributed by atoms with Crippen LogP contribution in [-0.2, 0) is 11.3 Å². The standard InChI is InChI=1S/C20H31N5O/c26-20(24-10-1-2-11-24)17-5-3-12-25(15-17)18-6-13-23(14-7-18)16-19-21-8-4-9-22-19/h4,8-9,17-18H,1-3,5-7,10-16H2/t17-/m1/s1. The molecule has 0 bridgehead atoms. The van der Waals surface area contributed by atoms with E-state index < -0.39 is 0 Å². The molecule has 26 heavy (non-hydrogen) atoms. The fourth-order valence-corrected chi connectivity index (χ4v) is 4.79. The zero-order valence-electron chi connectivity index (χ0n) is 15.7. The number of rotatable bonds is 4. The quantitative estimate of drug-likeness (QED) is 0.822. The lowest BCUT2D eigenvalue weighted by Gasteiger charge is -2.42. The predicted octanol–water partition coefficient (Wildman–Crippen LogP) is 1.78.